The Bertz CT molecular complexity index is 510. The van der Waals surface area contributed by atoms with Crippen LogP contribution in [-0.2, 0) is 0 Å². The molecule has 0 saturated heterocycles. The van der Waals surface area contributed by atoms with Gasteiger partial charge in [-0.15, -0.1) is 0 Å². The topological polar surface area (TPSA) is 24.1 Å². The molecule has 24 heavy (non-hydrogen) atoms. The number of halogens is 1. The molecule has 0 bridgehead atoms. The van der Waals surface area contributed by atoms with Gasteiger partial charge in [-0.2, -0.15) is 0 Å². The molecule has 2 atom stereocenters. The molecule has 0 aromatic heterocycles. The molecule has 2 unspecified atom stereocenters. The highest BCUT2D eigenvalue weighted by molar-refractivity contribution is 8.35. The Kier molecular flexibility index (Phi) is 10.2. The van der Waals surface area contributed by atoms with Gasteiger partial charge in [0.05, 0.1) is 4.58 Å². The van der Waals surface area contributed by atoms with Crippen LogP contribution >= 0.6 is 48.0 Å². The second-order valence-corrected chi connectivity index (χ2v) is 9.46. The van der Waals surface area contributed by atoms with Crippen molar-refractivity contribution in [1.29, 1.82) is 0 Å². The van der Waals surface area contributed by atoms with Crippen molar-refractivity contribution in [2.45, 2.75) is 57.2 Å². The van der Waals surface area contributed by atoms with Gasteiger partial charge in [0.15, 0.2) is 0 Å². The molecule has 7 heteroatoms. The van der Waals surface area contributed by atoms with Crippen molar-refractivity contribution < 1.29 is 4.39 Å². The second kappa shape index (κ2) is 11.3. The summed E-state index contributed by atoms with van der Waals surface area (Å²) in [7, 11) is 0. The van der Waals surface area contributed by atoms with E-state index >= 15 is 0 Å². The molecule has 1 aromatic rings. The van der Waals surface area contributed by atoms with E-state index in [0.717, 1.165) is 27.0 Å². The number of benzene rings is 1. The Morgan fingerprint density at radius 3 is 1.75 bits per heavy atom. The summed E-state index contributed by atoms with van der Waals surface area (Å²) in [5.74, 6) is -0.242. The van der Waals surface area contributed by atoms with Crippen LogP contribution < -0.4 is 10.6 Å². The number of thiocarbonyl (C=S) groups is 2. The highest BCUT2D eigenvalue weighted by Crippen LogP contribution is 2.40. The summed E-state index contributed by atoms with van der Waals surface area (Å²) in [6, 6.07) is 7.18. The summed E-state index contributed by atoms with van der Waals surface area (Å²) in [6.45, 7) is 8.43. The minimum absolute atomic E-state index is 0.0151. The predicted octanol–water partition coefficient (Wildman–Crippen LogP) is 5.64. The molecule has 0 amide bonds. The number of hydrogen-bond donors (Lipinski definition) is 2. The van der Waals surface area contributed by atoms with E-state index in [0.29, 0.717) is 12.1 Å². The highest BCUT2D eigenvalue weighted by Gasteiger charge is 2.19. The molecule has 1 aromatic carbocycles. The molecule has 0 aliphatic carbocycles. The van der Waals surface area contributed by atoms with E-state index in [1.807, 2.05) is 0 Å². The predicted molar refractivity (Wildman–Crippen MR) is 115 cm³/mol. The summed E-state index contributed by atoms with van der Waals surface area (Å²) in [5, 5.41) is 6.62. The van der Waals surface area contributed by atoms with Crippen LogP contribution in [0.4, 0.5) is 4.39 Å². The summed E-state index contributed by atoms with van der Waals surface area (Å²) in [6.07, 6.45) is 2.01. The monoisotopic (exact) mass is 404 g/mol. The lowest BCUT2D eigenvalue weighted by atomic mass is 10.2. The molecule has 0 radical (unpaired) electrons. The van der Waals surface area contributed by atoms with Gasteiger partial charge in [0.25, 0.3) is 0 Å². The maximum atomic E-state index is 13.2. The van der Waals surface area contributed by atoms with Gasteiger partial charge >= 0.3 is 0 Å². The molecule has 2 N–H and O–H groups in total. The van der Waals surface area contributed by atoms with E-state index in [2.05, 4.69) is 38.3 Å². The van der Waals surface area contributed by atoms with E-state index in [9.17, 15) is 4.39 Å². The van der Waals surface area contributed by atoms with Gasteiger partial charge in [-0.3, -0.25) is 0 Å². The van der Waals surface area contributed by atoms with Crippen LogP contribution in [0.5, 0.6) is 0 Å². The first-order valence-electron chi connectivity index (χ1n) is 8.05. The SMILES string of the molecule is CCC(C)NC(=S)SC(SC(=S)NC(C)CC)c1ccc(F)cc1. The zero-order valence-electron chi connectivity index (χ0n) is 14.5. The van der Waals surface area contributed by atoms with E-state index in [1.165, 1.54) is 12.1 Å². The van der Waals surface area contributed by atoms with Gasteiger partial charge < -0.3 is 10.6 Å². The number of rotatable bonds is 7. The van der Waals surface area contributed by atoms with Gasteiger partial charge in [0.1, 0.15) is 14.5 Å². The first-order chi connectivity index (χ1) is 11.3. The van der Waals surface area contributed by atoms with Crippen molar-refractivity contribution in [3.63, 3.8) is 0 Å². The molecule has 0 heterocycles. The van der Waals surface area contributed by atoms with Gasteiger partial charge in [0, 0.05) is 12.1 Å². The maximum Gasteiger partial charge on any atom is 0.135 e. The third-order valence-corrected chi connectivity index (χ3v) is 6.55. The van der Waals surface area contributed by atoms with Crippen molar-refractivity contribution in [3.8, 4) is 0 Å². The molecule has 134 valence electrons. The second-order valence-electron chi connectivity index (χ2n) is 5.60. The molecule has 0 aliphatic rings. The van der Waals surface area contributed by atoms with Crippen molar-refractivity contribution in [3.05, 3.63) is 35.6 Å². The Labute approximate surface area is 164 Å². The molecule has 0 saturated carbocycles. The smallest absolute Gasteiger partial charge is 0.135 e. The molecule has 0 aliphatic heterocycles. The highest BCUT2D eigenvalue weighted by atomic mass is 32.2. The third-order valence-electron chi connectivity index (χ3n) is 3.52. The van der Waals surface area contributed by atoms with Crippen LogP contribution in [0, 0.1) is 5.82 Å². The van der Waals surface area contributed by atoms with Gasteiger partial charge in [0.2, 0.25) is 0 Å². The van der Waals surface area contributed by atoms with Crippen molar-refractivity contribution in [2.24, 2.45) is 0 Å². The summed E-state index contributed by atoms with van der Waals surface area (Å²) < 4.78 is 14.7. The summed E-state index contributed by atoms with van der Waals surface area (Å²) >= 11 is 14.0. The quantitative estimate of drug-likeness (QED) is 0.451. The fraction of sp³-hybridized carbons (Fsp3) is 0.529. The molecule has 1 rings (SSSR count). The van der Waals surface area contributed by atoms with Gasteiger partial charge in [-0.25, -0.2) is 4.39 Å². The zero-order chi connectivity index (χ0) is 18.1. The van der Waals surface area contributed by atoms with Crippen LogP contribution in [0.25, 0.3) is 0 Å². The Morgan fingerprint density at radius 2 is 1.38 bits per heavy atom. The van der Waals surface area contributed by atoms with E-state index < -0.39 is 0 Å². The molecule has 2 nitrogen and oxygen atoms in total. The lowest BCUT2D eigenvalue weighted by molar-refractivity contribution is 0.627. The first-order valence-corrected chi connectivity index (χ1v) is 10.6. The van der Waals surface area contributed by atoms with Crippen molar-refractivity contribution >= 4 is 56.6 Å². The average Bonchev–Trinajstić information content (AvgIpc) is 2.54. The Hall–Kier alpha value is -0.370. The van der Waals surface area contributed by atoms with E-state index in [1.54, 1.807) is 35.7 Å². The fourth-order valence-corrected chi connectivity index (χ4v) is 5.28. The van der Waals surface area contributed by atoms with Crippen LogP contribution in [0.3, 0.4) is 0 Å². The van der Waals surface area contributed by atoms with Crippen LogP contribution in [0.2, 0.25) is 0 Å². The third kappa shape index (κ3) is 8.14. The fourth-order valence-electron chi connectivity index (χ4n) is 1.65. The minimum atomic E-state index is -0.242. The number of thioether (sulfide) groups is 2. The largest absolute Gasteiger partial charge is 0.369 e. The van der Waals surface area contributed by atoms with Crippen LogP contribution in [-0.4, -0.2) is 20.7 Å². The normalized spacial score (nSPS) is 14.5. The number of nitrogens with one attached hydrogen (secondary N) is 2. The van der Waals surface area contributed by atoms with Gasteiger partial charge in [-0.1, -0.05) is 73.9 Å². The van der Waals surface area contributed by atoms with E-state index in [4.69, 9.17) is 24.4 Å². The first kappa shape index (κ1) is 21.7. The van der Waals surface area contributed by atoms with Crippen LogP contribution in [0.1, 0.15) is 50.7 Å². The molecular formula is C17H25FN2S4. The van der Waals surface area contributed by atoms with Crippen molar-refractivity contribution in [2.75, 3.05) is 0 Å². The zero-order valence-corrected chi connectivity index (χ0v) is 17.7. The summed E-state index contributed by atoms with van der Waals surface area (Å²) in [5.41, 5.74) is 0.994. The number of hydrogen-bond acceptors (Lipinski definition) is 4. The van der Waals surface area contributed by atoms with Crippen molar-refractivity contribution in [1.82, 2.24) is 10.6 Å². The molecule has 0 spiro atoms. The summed E-state index contributed by atoms with van der Waals surface area (Å²) in [4.78, 5) is 0. The van der Waals surface area contributed by atoms with Gasteiger partial charge in [-0.05, 0) is 44.4 Å². The standard InChI is InChI=1S/C17H25FN2S4/c1-5-11(3)19-16(21)23-15(13-7-9-14(18)10-8-13)24-17(22)20-12(4)6-2/h7-12,15H,5-6H2,1-4H3,(H,19,21)(H,20,22). The lowest BCUT2D eigenvalue weighted by Crippen LogP contribution is -2.30. The molecule has 0 fully saturated rings. The van der Waals surface area contributed by atoms with E-state index in [-0.39, 0.29) is 10.4 Å². The minimum Gasteiger partial charge on any atom is -0.369 e. The van der Waals surface area contributed by atoms with Crippen LogP contribution in [0.15, 0.2) is 24.3 Å². The maximum absolute atomic E-state index is 13.2. The Balaban J connectivity index is 2.81. The average molecular weight is 405 g/mol. The molecular weight excluding hydrogens is 379 g/mol. The Morgan fingerprint density at radius 1 is 0.958 bits per heavy atom. The lowest BCUT2D eigenvalue weighted by Gasteiger charge is -2.21.